The molecule has 0 spiro atoms. The molecule has 1 saturated carbocycles. The Bertz CT molecular complexity index is 239. The number of hydrogen-bond acceptors (Lipinski definition) is 3. The summed E-state index contributed by atoms with van der Waals surface area (Å²) in [6, 6.07) is 0. The number of aliphatic hydroxyl groups is 1. The molecule has 1 amide bonds. The average Bonchev–Trinajstić information content (AvgIpc) is 2.49. The minimum atomic E-state index is -0.561. The maximum atomic E-state index is 11.3. The van der Waals surface area contributed by atoms with Crippen LogP contribution in [0, 0.1) is 0 Å². The van der Waals surface area contributed by atoms with E-state index in [2.05, 4.69) is 5.32 Å². The first-order chi connectivity index (χ1) is 7.31. The fourth-order valence-electron chi connectivity index (χ4n) is 1.99. The monoisotopic (exact) mass is 229 g/mol. The van der Waals surface area contributed by atoms with Gasteiger partial charge in [0.25, 0.3) is 0 Å². The summed E-state index contributed by atoms with van der Waals surface area (Å²) >= 11 is 0. The van der Waals surface area contributed by atoms with E-state index >= 15 is 0 Å². The van der Waals surface area contributed by atoms with Gasteiger partial charge in [0, 0.05) is 6.54 Å². The molecule has 0 aromatic carbocycles. The lowest BCUT2D eigenvalue weighted by Crippen LogP contribution is -2.36. The van der Waals surface area contributed by atoms with Crippen LogP contribution < -0.4 is 5.32 Å². The van der Waals surface area contributed by atoms with Crippen molar-refractivity contribution in [3.05, 3.63) is 0 Å². The number of carbonyl (C=O) groups excluding carboxylic acids is 1. The average molecular weight is 229 g/mol. The van der Waals surface area contributed by atoms with E-state index < -0.39 is 17.3 Å². The number of ether oxygens (including phenoxy) is 1. The molecule has 16 heavy (non-hydrogen) atoms. The van der Waals surface area contributed by atoms with Crippen LogP contribution in [-0.2, 0) is 4.74 Å². The van der Waals surface area contributed by atoms with Crippen molar-refractivity contribution < 1.29 is 14.6 Å². The van der Waals surface area contributed by atoms with Gasteiger partial charge in [-0.15, -0.1) is 0 Å². The fraction of sp³-hybridized carbons (Fsp3) is 0.917. The Kier molecular flexibility index (Phi) is 4.19. The van der Waals surface area contributed by atoms with Crippen LogP contribution >= 0.6 is 0 Å². The van der Waals surface area contributed by atoms with Crippen molar-refractivity contribution in [2.45, 2.75) is 64.1 Å². The Morgan fingerprint density at radius 2 is 1.94 bits per heavy atom. The van der Waals surface area contributed by atoms with Gasteiger partial charge in [-0.1, -0.05) is 12.8 Å². The normalized spacial score (nSPS) is 19.5. The van der Waals surface area contributed by atoms with Gasteiger partial charge in [-0.3, -0.25) is 0 Å². The number of rotatable bonds is 3. The molecule has 0 atom stereocenters. The third kappa shape index (κ3) is 4.84. The smallest absolute Gasteiger partial charge is 0.407 e. The highest BCUT2D eigenvalue weighted by molar-refractivity contribution is 5.67. The van der Waals surface area contributed by atoms with Gasteiger partial charge >= 0.3 is 6.09 Å². The first kappa shape index (κ1) is 13.3. The Hall–Kier alpha value is -0.770. The van der Waals surface area contributed by atoms with E-state index in [-0.39, 0.29) is 0 Å². The van der Waals surface area contributed by atoms with Crippen LogP contribution in [-0.4, -0.2) is 28.9 Å². The summed E-state index contributed by atoms with van der Waals surface area (Å²) < 4.78 is 5.10. The van der Waals surface area contributed by atoms with Crippen molar-refractivity contribution in [3.8, 4) is 0 Å². The predicted molar refractivity (Wildman–Crippen MR) is 62.3 cm³/mol. The summed E-state index contributed by atoms with van der Waals surface area (Å²) in [6.07, 6.45) is 4.08. The van der Waals surface area contributed by atoms with Gasteiger partial charge in [0.2, 0.25) is 0 Å². The van der Waals surface area contributed by atoms with E-state index in [0.717, 1.165) is 25.7 Å². The summed E-state index contributed by atoms with van der Waals surface area (Å²) in [5.41, 5.74) is -1.02. The van der Waals surface area contributed by atoms with Crippen molar-refractivity contribution in [1.29, 1.82) is 0 Å². The predicted octanol–water partition coefficient (Wildman–Crippen LogP) is 2.21. The molecule has 0 bridgehead atoms. The number of hydrogen-bond donors (Lipinski definition) is 2. The molecule has 0 saturated heterocycles. The largest absolute Gasteiger partial charge is 0.444 e. The standard InChI is InChI=1S/C12H23NO3/c1-11(2,3)16-10(14)13-9-8-12(15)6-4-5-7-12/h15H,4-9H2,1-3H3,(H,13,14). The number of amides is 1. The molecular weight excluding hydrogens is 206 g/mol. The van der Waals surface area contributed by atoms with Crippen LogP contribution in [0.5, 0.6) is 0 Å². The SMILES string of the molecule is CC(C)(C)OC(=O)NCCC1(O)CCCC1. The summed E-state index contributed by atoms with van der Waals surface area (Å²) in [5, 5.41) is 12.7. The van der Waals surface area contributed by atoms with Crippen molar-refractivity contribution in [3.63, 3.8) is 0 Å². The molecule has 94 valence electrons. The first-order valence-electron chi connectivity index (χ1n) is 6.00. The van der Waals surface area contributed by atoms with Gasteiger partial charge in [0.1, 0.15) is 5.60 Å². The topological polar surface area (TPSA) is 58.6 Å². The van der Waals surface area contributed by atoms with Crippen LogP contribution in [0.3, 0.4) is 0 Å². The van der Waals surface area contributed by atoms with Crippen molar-refractivity contribution >= 4 is 6.09 Å². The highest BCUT2D eigenvalue weighted by atomic mass is 16.6. The second kappa shape index (κ2) is 5.04. The molecule has 0 heterocycles. The number of alkyl carbamates (subject to hydrolysis) is 1. The summed E-state index contributed by atoms with van der Waals surface area (Å²) in [6.45, 7) is 5.97. The highest BCUT2D eigenvalue weighted by Crippen LogP contribution is 2.31. The van der Waals surface area contributed by atoms with Crippen LogP contribution in [0.2, 0.25) is 0 Å². The Morgan fingerprint density at radius 3 is 2.44 bits per heavy atom. The van der Waals surface area contributed by atoms with Crippen LogP contribution in [0.15, 0.2) is 0 Å². The lowest BCUT2D eigenvalue weighted by atomic mass is 9.98. The molecule has 1 aliphatic rings. The molecule has 0 aromatic heterocycles. The van der Waals surface area contributed by atoms with Crippen molar-refractivity contribution in [2.24, 2.45) is 0 Å². The molecule has 2 N–H and O–H groups in total. The summed E-state index contributed by atoms with van der Waals surface area (Å²) in [7, 11) is 0. The van der Waals surface area contributed by atoms with E-state index in [1.807, 2.05) is 20.8 Å². The third-order valence-corrected chi connectivity index (χ3v) is 2.79. The van der Waals surface area contributed by atoms with Gasteiger partial charge in [-0.05, 0) is 40.0 Å². The fourth-order valence-corrected chi connectivity index (χ4v) is 1.99. The van der Waals surface area contributed by atoms with Crippen LogP contribution in [0.1, 0.15) is 52.9 Å². The minimum Gasteiger partial charge on any atom is -0.444 e. The zero-order chi connectivity index (χ0) is 12.2. The van der Waals surface area contributed by atoms with Crippen LogP contribution in [0.4, 0.5) is 4.79 Å². The molecule has 0 unspecified atom stereocenters. The molecule has 4 heteroatoms. The van der Waals surface area contributed by atoms with E-state index in [1.54, 1.807) is 0 Å². The Labute approximate surface area is 97.4 Å². The molecule has 1 fully saturated rings. The molecule has 0 aromatic rings. The van der Waals surface area contributed by atoms with Gasteiger partial charge in [-0.25, -0.2) is 4.79 Å². The first-order valence-corrected chi connectivity index (χ1v) is 6.00. The third-order valence-electron chi connectivity index (χ3n) is 2.79. The minimum absolute atomic E-state index is 0.408. The van der Waals surface area contributed by atoms with Gasteiger partial charge in [0.15, 0.2) is 0 Å². The Morgan fingerprint density at radius 1 is 1.38 bits per heavy atom. The van der Waals surface area contributed by atoms with Crippen LogP contribution in [0.25, 0.3) is 0 Å². The molecule has 1 rings (SSSR count). The van der Waals surface area contributed by atoms with E-state index in [0.29, 0.717) is 13.0 Å². The lowest BCUT2D eigenvalue weighted by Gasteiger charge is -2.23. The highest BCUT2D eigenvalue weighted by Gasteiger charge is 2.30. The van der Waals surface area contributed by atoms with E-state index in [1.165, 1.54) is 0 Å². The van der Waals surface area contributed by atoms with E-state index in [9.17, 15) is 9.90 Å². The quantitative estimate of drug-likeness (QED) is 0.780. The van der Waals surface area contributed by atoms with Crippen molar-refractivity contribution in [1.82, 2.24) is 5.32 Å². The Balaban J connectivity index is 2.18. The van der Waals surface area contributed by atoms with Gasteiger partial charge < -0.3 is 15.2 Å². The zero-order valence-corrected chi connectivity index (χ0v) is 10.5. The van der Waals surface area contributed by atoms with Gasteiger partial charge in [-0.2, -0.15) is 0 Å². The molecule has 1 aliphatic carbocycles. The summed E-state index contributed by atoms with van der Waals surface area (Å²) in [5.74, 6) is 0. The summed E-state index contributed by atoms with van der Waals surface area (Å²) in [4.78, 5) is 11.3. The number of nitrogens with one attached hydrogen (secondary N) is 1. The number of carbonyl (C=O) groups is 1. The molecule has 0 aliphatic heterocycles. The maximum absolute atomic E-state index is 11.3. The van der Waals surface area contributed by atoms with Gasteiger partial charge in [0.05, 0.1) is 5.60 Å². The van der Waals surface area contributed by atoms with E-state index in [4.69, 9.17) is 4.74 Å². The second-order valence-electron chi connectivity index (χ2n) is 5.61. The molecular formula is C12H23NO3. The zero-order valence-electron chi connectivity index (χ0n) is 10.5. The van der Waals surface area contributed by atoms with Crippen molar-refractivity contribution in [2.75, 3.05) is 6.54 Å². The lowest BCUT2D eigenvalue weighted by molar-refractivity contribution is 0.0335. The second-order valence-corrected chi connectivity index (χ2v) is 5.61. The maximum Gasteiger partial charge on any atom is 0.407 e. The molecule has 0 radical (unpaired) electrons. The molecule has 4 nitrogen and oxygen atoms in total.